The van der Waals surface area contributed by atoms with E-state index in [1.54, 1.807) is 12.3 Å². The van der Waals surface area contributed by atoms with Crippen molar-refractivity contribution in [2.24, 2.45) is 5.73 Å². The standard InChI is InChI=1S/C12H15N3O2/c13-11(16)3-1-10-2-4-12(14-9-10)15-5-7-17-8-6-15/h1-4,9H,5-8H2,(H2,13,16)/b3-1-. The van der Waals surface area contributed by atoms with Crippen LogP contribution in [-0.2, 0) is 9.53 Å². The highest BCUT2D eigenvalue weighted by atomic mass is 16.5. The number of hydrogen-bond donors (Lipinski definition) is 1. The van der Waals surface area contributed by atoms with E-state index < -0.39 is 5.91 Å². The number of pyridine rings is 1. The zero-order chi connectivity index (χ0) is 12.1. The summed E-state index contributed by atoms with van der Waals surface area (Å²) in [6, 6.07) is 3.85. The number of anilines is 1. The first-order chi connectivity index (χ1) is 8.25. The van der Waals surface area contributed by atoms with Crippen molar-refractivity contribution in [2.75, 3.05) is 31.2 Å². The van der Waals surface area contributed by atoms with Crippen molar-refractivity contribution in [1.82, 2.24) is 4.98 Å². The number of carbonyl (C=O) groups is 1. The molecule has 2 N–H and O–H groups in total. The number of aromatic nitrogens is 1. The van der Waals surface area contributed by atoms with Crippen LogP contribution in [0, 0.1) is 0 Å². The maximum Gasteiger partial charge on any atom is 0.241 e. The molecule has 0 radical (unpaired) electrons. The van der Waals surface area contributed by atoms with Crippen LogP contribution in [0.2, 0.25) is 0 Å². The van der Waals surface area contributed by atoms with Gasteiger partial charge in [0.2, 0.25) is 5.91 Å². The van der Waals surface area contributed by atoms with Gasteiger partial charge in [0.15, 0.2) is 0 Å². The van der Waals surface area contributed by atoms with Gasteiger partial charge in [-0.2, -0.15) is 0 Å². The summed E-state index contributed by atoms with van der Waals surface area (Å²) < 4.78 is 5.28. The van der Waals surface area contributed by atoms with E-state index in [0.717, 1.165) is 37.7 Å². The minimum absolute atomic E-state index is 0.456. The molecule has 1 aliphatic heterocycles. The van der Waals surface area contributed by atoms with Crippen LogP contribution in [0.3, 0.4) is 0 Å². The van der Waals surface area contributed by atoms with Gasteiger partial charge >= 0.3 is 0 Å². The molecule has 90 valence electrons. The Balaban J connectivity index is 2.04. The molecule has 5 heteroatoms. The summed E-state index contributed by atoms with van der Waals surface area (Å²) in [5.74, 6) is 0.479. The minimum Gasteiger partial charge on any atom is -0.378 e. The van der Waals surface area contributed by atoms with Crippen molar-refractivity contribution in [2.45, 2.75) is 0 Å². The van der Waals surface area contributed by atoms with Gasteiger partial charge in [-0.25, -0.2) is 4.98 Å². The molecule has 5 nitrogen and oxygen atoms in total. The number of carbonyl (C=O) groups excluding carboxylic acids is 1. The number of rotatable bonds is 3. The lowest BCUT2D eigenvalue weighted by atomic mass is 10.2. The summed E-state index contributed by atoms with van der Waals surface area (Å²) in [5, 5.41) is 0. The fraction of sp³-hybridized carbons (Fsp3) is 0.333. The molecule has 1 amide bonds. The number of morpholine rings is 1. The van der Waals surface area contributed by atoms with Crippen LogP contribution in [0.1, 0.15) is 5.56 Å². The largest absolute Gasteiger partial charge is 0.378 e. The van der Waals surface area contributed by atoms with E-state index in [-0.39, 0.29) is 0 Å². The molecule has 0 aromatic carbocycles. The normalized spacial score (nSPS) is 16.4. The predicted molar refractivity (Wildman–Crippen MR) is 65.5 cm³/mol. The van der Waals surface area contributed by atoms with Crippen molar-refractivity contribution < 1.29 is 9.53 Å². The zero-order valence-corrected chi connectivity index (χ0v) is 9.50. The Hall–Kier alpha value is -1.88. The predicted octanol–water partition coefficient (Wildman–Crippen LogP) is 0.417. The number of amides is 1. The van der Waals surface area contributed by atoms with Crippen LogP contribution in [0.25, 0.3) is 6.08 Å². The van der Waals surface area contributed by atoms with E-state index in [1.807, 2.05) is 12.1 Å². The van der Waals surface area contributed by atoms with Crippen LogP contribution in [0.15, 0.2) is 24.4 Å². The fourth-order valence-electron chi connectivity index (χ4n) is 1.65. The van der Waals surface area contributed by atoms with E-state index in [2.05, 4.69) is 9.88 Å². The molecular weight excluding hydrogens is 218 g/mol. The van der Waals surface area contributed by atoms with Crippen molar-refractivity contribution in [1.29, 1.82) is 0 Å². The molecule has 0 bridgehead atoms. The highest BCUT2D eigenvalue weighted by Gasteiger charge is 2.11. The fourth-order valence-corrected chi connectivity index (χ4v) is 1.65. The third-order valence-electron chi connectivity index (χ3n) is 2.55. The van der Waals surface area contributed by atoms with Gasteiger partial charge in [-0.1, -0.05) is 0 Å². The summed E-state index contributed by atoms with van der Waals surface area (Å²) >= 11 is 0. The molecule has 1 saturated heterocycles. The van der Waals surface area contributed by atoms with E-state index in [9.17, 15) is 4.79 Å². The minimum atomic E-state index is -0.456. The summed E-state index contributed by atoms with van der Waals surface area (Å²) in [4.78, 5) is 17.1. The third-order valence-corrected chi connectivity index (χ3v) is 2.55. The zero-order valence-electron chi connectivity index (χ0n) is 9.50. The van der Waals surface area contributed by atoms with Gasteiger partial charge in [0, 0.05) is 25.4 Å². The Kier molecular flexibility index (Phi) is 3.72. The number of ether oxygens (including phenoxy) is 1. The van der Waals surface area contributed by atoms with Crippen molar-refractivity contribution in [3.8, 4) is 0 Å². The Labute approximate surface area is 99.9 Å². The van der Waals surface area contributed by atoms with Crippen LogP contribution in [-0.4, -0.2) is 37.2 Å². The second-order valence-corrected chi connectivity index (χ2v) is 3.78. The molecular formula is C12H15N3O2. The highest BCUT2D eigenvalue weighted by molar-refractivity contribution is 5.90. The van der Waals surface area contributed by atoms with Gasteiger partial charge in [0.25, 0.3) is 0 Å². The average Bonchev–Trinajstić information content (AvgIpc) is 2.38. The van der Waals surface area contributed by atoms with E-state index in [1.165, 1.54) is 6.08 Å². The van der Waals surface area contributed by atoms with E-state index in [4.69, 9.17) is 10.5 Å². The van der Waals surface area contributed by atoms with Crippen molar-refractivity contribution in [3.63, 3.8) is 0 Å². The molecule has 0 spiro atoms. The molecule has 2 heterocycles. The van der Waals surface area contributed by atoms with Gasteiger partial charge in [-0.3, -0.25) is 4.79 Å². The first kappa shape index (κ1) is 11.6. The molecule has 1 fully saturated rings. The number of hydrogen-bond acceptors (Lipinski definition) is 4. The van der Waals surface area contributed by atoms with E-state index in [0.29, 0.717) is 0 Å². The lowest BCUT2D eigenvalue weighted by Crippen LogP contribution is -2.36. The monoisotopic (exact) mass is 233 g/mol. The van der Waals surface area contributed by atoms with Gasteiger partial charge in [0.05, 0.1) is 13.2 Å². The van der Waals surface area contributed by atoms with Gasteiger partial charge in [-0.15, -0.1) is 0 Å². The Morgan fingerprint density at radius 3 is 2.76 bits per heavy atom. The molecule has 1 aromatic rings. The van der Waals surface area contributed by atoms with Crippen molar-refractivity contribution in [3.05, 3.63) is 30.0 Å². The molecule has 2 rings (SSSR count). The first-order valence-electron chi connectivity index (χ1n) is 5.52. The van der Waals surface area contributed by atoms with Crippen LogP contribution >= 0.6 is 0 Å². The maximum absolute atomic E-state index is 10.6. The molecule has 0 atom stereocenters. The average molecular weight is 233 g/mol. The third kappa shape index (κ3) is 3.29. The molecule has 1 aliphatic rings. The SMILES string of the molecule is NC(=O)/C=C\c1ccc(N2CCOCC2)nc1. The van der Waals surface area contributed by atoms with E-state index >= 15 is 0 Å². The second kappa shape index (κ2) is 5.45. The Morgan fingerprint density at radius 1 is 1.41 bits per heavy atom. The smallest absolute Gasteiger partial charge is 0.241 e. The van der Waals surface area contributed by atoms with Gasteiger partial charge in [0.1, 0.15) is 5.82 Å². The molecule has 1 aromatic heterocycles. The summed E-state index contributed by atoms with van der Waals surface area (Å²) in [6.07, 6.45) is 4.70. The maximum atomic E-state index is 10.6. The topological polar surface area (TPSA) is 68.5 Å². The number of nitrogens with zero attached hydrogens (tertiary/aromatic N) is 2. The molecule has 0 saturated carbocycles. The van der Waals surface area contributed by atoms with Gasteiger partial charge < -0.3 is 15.4 Å². The summed E-state index contributed by atoms with van der Waals surface area (Å²) in [6.45, 7) is 3.21. The van der Waals surface area contributed by atoms with Crippen LogP contribution < -0.4 is 10.6 Å². The number of nitrogens with two attached hydrogens (primary N) is 1. The quantitative estimate of drug-likeness (QED) is 0.768. The highest BCUT2D eigenvalue weighted by Crippen LogP contribution is 2.13. The number of primary amides is 1. The lowest BCUT2D eigenvalue weighted by Gasteiger charge is -2.27. The van der Waals surface area contributed by atoms with Gasteiger partial charge in [-0.05, 0) is 23.8 Å². The molecule has 17 heavy (non-hydrogen) atoms. The van der Waals surface area contributed by atoms with Crippen molar-refractivity contribution >= 4 is 17.8 Å². The first-order valence-corrected chi connectivity index (χ1v) is 5.52. The molecule has 0 unspecified atom stereocenters. The summed E-state index contributed by atoms with van der Waals surface area (Å²) in [5.41, 5.74) is 5.88. The van der Waals surface area contributed by atoms with Crippen LogP contribution in [0.4, 0.5) is 5.82 Å². The Morgan fingerprint density at radius 2 is 2.18 bits per heavy atom. The Bertz CT molecular complexity index is 408. The van der Waals surface area contributed by atoms with Crippen LogP contribution in [0.5, 0.6) is 0 Å². The summed E-state index contributed by atoms with van der Waals surface area (Å²) in [7, 11) is 0. The lowest BCUT2D eigenvalue weighted by molar-refractivity contribution is -0.113. The molecule has 0 aliphatic carbocycles. The second-order valence-electron chi connectivity index (χ2n) is 3.78.